The topological polar surface area (TPSA) is 56.7 Å². The quantitative estimate of drug-likeness (QED) is 0.768. The monoisotopic (exact) mass is 258 g/mol. The Balaban J connectivity index is 2.19. The van der Waals surface area contributed by atoms with Crippen LogP contribution in [0.25, 0.3) is 11.2 Å². The lowest BCUT2D eigenvalue weighted by atomic mass is 10.2. The van der Waals surface area contributed by atoms with E-state index >= 15 is 0 Å². The van der Waals surface area contributed by atoms with E-state index in [0.717, 1.165) is 16.7 Å². The van der Waals surface area contributed by atoms with Gasteiger partial charge >= 0.3 is 0 Å². The number of thiophene rings is 1. The molecule has 0 spiro atoms. The molecule has 0 aliphatic rings. The molecule has 0 saturated carbocycles. The van der Waals surface area contributed by atoms with Crippen LogP contribution in [0.15, 0.2) is 29.8 Å². The first-order valence-corrected chi connectivity index (χ1v) is 6.68. The number of hydrogen-bond donors (Lipinski definition) is 1. The molecule has 0 fully saturated rings. The van der Waals surface area contributed by atoms with Crippen LogP contribution in [0.3, 0.4) is 0 Å². The van der Waals surface area contributed by atoms with Crippen molar-refractivity contribution >= 4 is 28.4 Å². The van der Waals surface area contributed by atoms with Crippen molar-refractivity contribution in [2.45, 2.75) is 19.9 Å². The van der Waals surface area contributed by atoms with Crippen molar-refractivity contribution < 1.29 is 0 Å². The van der Waals surface area contributed by atoms with Crippen molar-refractivity contribution in [1.29, 1.82) is 0 Å². The number of rotatable bonds is 2. The van der Waals surface area contributed by atoms with Gasteiger partial charge in [-0.1, -0.05) is 6.07 Å². The minimum atomic E-state index is 0.158. The van der Waals surface area contributed by atoms with Crippen LogP contribution in [0.5, 0.6) is 0 Å². The molecule has 0 radical (unpaired) electrons. The Morgan fingerprint density at radius 1 is 1.44 bits per heavy atom. The molecule has 3 rings (SSSR count). The van der Waals surface area contributed by atoms with Gasteiger partial charge in [-0.05, 0) is 36.9 Å². The molecular formula is C13H14N4S. The van der Waals surface area contributed by atoms with E-state index in [4.69, 9.17) is 5.73 Å². The Kier molecular flexibility index (Phi) is 2.56. The molecule has 92 valence electrons. The summed E-state index contributed by atoms with van der Waals surface area (Å²) in [4.78, 5) is 10.1. The summed E-state index contributed by atoms with van der Waals surface area (Å²) in [5.74, 6) is 0.518. The fourth-order valence-electron chi connectivity index (χ4n) is 2.14. The van der Waals surface area contributed by atoms with Gasteiger partial charge in [0.1, 0.15) is 5.52 Å². The highest BCUT2D eigenvalue weighted by atomic mass is 32.1. The lowest BCUT2D eigenvalue weighted by Crippen LogP contribution is -2.09. The van der Waals surface area contributed by atoms with E-state index in [0.29, 0.717) is 5.95 Å². The van der Waals surface area contributed by atoms with Crippen molar-refractivity contribution in [1.82, 2.24) is 14.5 Å². The highest BCUT2D eigenvalue weighted by Crippen LogP contribution is 2.28. The summed E-state index contributed by atoms with van der Waals surface area (Å²) >= 11 is 1.72. The van der Waals surface area contributed by atoms with Gasteiger partial charge in [0.15, 0.2) is 5.65 Å². The fraction of sp³-hybridized carbons (Fsp3) is 0.231. The van der Waals surface area contributed by atoms with E-state index in [1.807, 2.05) is 29.8 Å². The van der Waals surface area contributed by atoms with Gasteiger partial charge in [0.25, 0.3) is 0 Å². The van der Waals surface area contributed by atoms with Crippen LogP contribution < -0.4 is 5.73 Å². The second-order valence-electron chi connectivity index (χ2n) is 4.39. The van der Waals surface area contributed by atoms with E-state index < -0.39 is 0 Å². The van der Waals surface area contributed by atoms with Gasteiger partial charge in [0.2, 0.25) is 5.95 Å². The summed E-state index contributed by atoms with van der Waals surface area (Å²) in [5, 5.41) is 2.07. The SMILES string of the molecule is Cc1cnc2c(c1)nc(N)n2C(C)c1cccs1. The van der Waals surface area contributed by atoms with Crippen molar-refractivity contribution in [2.24, 2.45) is 0 Å². The Hall–Kier alpha value is -1.88. The van der Waals surface area contributed by atoms with Gasteiger partial charge < -0.3 is 5.73 Å². The number of aryl methyl sites for hydroxylation is 1. The summed E-state index contributed by atoms with van der Waals surface area (Å²) in [6.07, 6.45) is 1.85. The van der Waals surface area contributed by atoms with Crippen LogP contribution in [0, 0.1) is 6.92 Å². The van der Waals surface area contributed by atoms with Crippen molar-refractivity contribution in [3.63, 3.8) is 0 Å². The summed E-state index contributed by atoms with van der Waals surface area (Å²) in [7, 11) is 0. The summed E-state index contributed by atoms with van der Waals surface area (Å²) in [5.41, 5.74) is 8.82. The zero-order valence-electron chi connectivity index (χ0n) is 10.3. The largest absolute Gasteiger partial charge is 0.369 e. The second-order valence-corrected chi connectivity index (χ2v) is 5.37. The molecule has 3 aromatic heterocycles. The average Bonchev–Trinajstić information content (AvgIpc) is 2.94. The normalized spacial score (nSPS) is 13.0. The number of imidazole rings is 1. The van der Waals surface area contributed by atoms with Gasteiger partial charge in [-0.2, -0.15) is 0 Å². The predicted molar refractivity (Wildman–Crippen MR) is 74.8 cm³/mol. The van der Waals surface area contributed by atoms with Crippen LogP contribution in [0.4, 0.5) is 5.95 Å². The highest BCUT2D eigenvalue weighted by molar-refractivity contribution is 7.10. The average molecular weight is 258 g/mol. The molecule has 0 aliphatic heterocycles. The molecule has 3 heterocycles. The van der Waals surface area contributed by atoms with Crippen LogP contribution in [-0.4, -0.2) is 14.5 Å². The molecule has 5 heteroatoms. The molecule has 0 aromatic carbocycles. The van der Waals surface area contributed by atoms with Crippen molar-refractivity contribution in [3.8, 4) is 0 Å². The molecule has 1 atom stereocenters. The third-order valence-electron chi connectivity index (χ3n) is 3.04. The smallest absolute Gasteiger partial charge is 0.203 e. The number of pyridine rings is 1. The molecule has 0 saturated heterocycles. The van der Waals surface area contributed by atoms with E-state index in [-0.39, 0.29) is 6.04 Å². The Labute approximate surface area is 109 Å². The van der Waals surface area contributed by atoms with Gasteiger partial charge in [0.05, 0.1) is 6.04 Å². The van der Waals surface area contributed by atoms with Crippen LogP contribution in [0.2, 0.25) is 0 Å². The maximum atomic E-state index is 6.03. The van der Waals surface area contributed by atoms with E-state index in [1.54, 1.807) is 11.3 Å². The summed E-state index contributed by atoms with van der Waals surface area (Å²) in [6, 6.07) is 6.32. The fourth-order valence-corrected chi connectivity index (χ4v) is 2.91. The van der Waals surface area contributed by atoms with E-state index in [2.05, 4.69) is 28.3 Å². The number of fused-ring (bicyclic) bond motifs is 1. The molecule has 18 heavy (non-hydrogen) atoms. The molecule has 0 amide bonds. The molecular weight excluding hydrogens is 244 g/mol. The van der Waals surface area contributed by atoms with E-state index in [9.17, 15) is 0 Å². The van der Waals surface area contributed by atoms with Crippen molar-refractivity contribution in [2.75, 3.05) is 5.73 Å². The molecule has 4 nitrogen and oxygen atoms in total. The van der Waals surface area contributed by atoms with Crippen molar-refractivity contribution in [3.05, 3.63) is 40.2 Å². The lowest BCUT2D eigenvalue weighted by Gasteiger charge is -2.13. The number of nitrogens with zero attached hydrogens (tertiary/aromatic N) is 3. The van der Waals surface area contributed by atoms with Crippen LogP contribution in [0.1, 0.15) is 23.4 Å². The van der Waals surface area contributed by atoms with Gasteiger partial charge in [-0.3, -0.25) is 4.57 Å². The number of anilines is 1. The number of hydrogen-bond acceptors (Lipinski definition) is 4. The maximum Gasteiger partial charge on any atom is 0.203 e. The standard InChI is InChI=1S/C13H14N4S/c1-8-6-10-12(15-7-8)17(13(14)16-10)9(2)11-4-3-5-18-11/h3-7,9H,1-2H3,(H2,14,16). The lowest BCUT2D eigenvalue weighted by molar-refractivity contribution is 0.674. The maximum absolute atomic E-state index is 6.03. The Morgan fingerprint density at radius 2 is 2.28 bits per heavy atom. The third kappa shape index (κ3) is 1.67. The zero-order valence-corrected chi connectivity index (χ0v) is 11.1. The van der Waals surface area contributed by atoms with Crippen LogP contribution in [-0.2, 0) is 0 Å². The molecule has 1 unspecified atom stereocenters. The van der Waals surface area contributed by atoms with E-state index in [1.165, 1.54) is 4.88 Å². The Morgan fingerprint density at radius 3 is 3.00 bits per heavy atom. The number of nitrogen functional groups attached to an aromatic ring is 1. The first kappa shape index (κ1) is 11.2. The van der Waals surface area contributed by atoms with Gasteiger partial charge in [-0.25, -0.2) is 9.97 Å². The summed E-state index contributed by atoms with van der Waals surface area (Å²) < 4.78 is 1.99. The number of nitrogens with two attached hydrogens (primary N) is 1. The van der Waals surface area contributed by atoms with Gasteiger partial charge in [0, 0.05) is 11.1 Å². The van der Waals surface area contributed by atoms with Crippen LogP contribution >= 0.6 is 11.3 Å². The molecule has 2 N–H and O–H groups in total. The number of aromatic nitrogens is 3. The molecule has 0 aliphatic carbocycles. The summed E-state index contributed by atoms with van der Waals surface area (Å²) in [6.45, 7) is 4.12. The third-order valence-corrected chi connectivity index (χ3v) is 4.08. The first-order chi connectivity index (χ1) is 8.66. The second kappa shape index (κ2) is 4.10. The Bertz CT molecular complexity index is 684. The highest BCUT2D eigenvalue weighted by Gasteiger charge is 2.17. The minimum absolute atomic E-state index is 0.158. The zero-order chi connectivity index (χ0) is 12.7. The molecule has 0 bridgehead atoms. The predicted octanol–water partition coefficient (Wildman–Crippen LogP) is 2.99. The minimum Gasteiger partial charge on any atom is -0.369 e. The molecule has 3 aromatic rings. The van der Waals surface area contributed by atoms with Gasteiger partial charge in [-0.15, -0.1) is 11.3 Å². The first-order valence-electron chi connectivity index (χ1n) is 5.80.